The van der Waals surface area contributed by atoms with Crippen molar-refractivity contribution in [1.82, 2.24) is 15.1 Å². The zero-order chi connectivity index (χ0) is 12.1. The van der Waals surface area contributed by atoms with Crippen molar-refractivity contribution in [2.45, 2.75) is 51.6 Å². The summed E-state index contributed by atoms with van der Waals surface area (Å²) >= 11 is 0. The molecule has 2 unspecified atom stereocenters. The molecule has 2 aliphatic rings. The molecular weight excluding hydrogens is 210 g/mol. The van der Waals surface area contributed by atoms with E-state index >= 15 is 0 Å². The van der Waals surface area contributed by atoms with Gasteiger partial charge in [-0.2, -0.15) is 0 Å². The summed E-state index contributed by atoms with van der Waals surface area (Å²) in [5.74, 6) is 0. The van der Waals surface area contributed by atoms with Gasteiger partial charge in [0, 0.05) is 38.3 Å². The SMILES string of the molecule is CCCCNCC(C)N1CCN2CCCC2C1. The summed E-state index contributed by atoms with van der Waals surface area (Å²) in [6.07, 6.45) is 5.44. The van der Waals surface area contributed by atoms with Gasteiger partial charge >= 0.3 is 0 Å². The fourth-order valence-electron chi connectivity index (χ4n) is 3.16. The molecule has 0 amide bonds. The monoisotopic (exact) mass is 239 g/mol. The number of hydrogen-bond acceptors (Lipinski definition) is 3. The summed E-state index contributed by atoms with van der Waals surface area (Å²) in [5.41, 5.74) is 0. The highest BCUT2D eigenvalue weighted by atomic mass is 15.3. The van der Waals surface area contributed by atoms with Gasteiger partial charge in [-0.05, 0) is 39.3 Å². The molecule has 2 atom stereocenters. The minimum Gasteiger partial charge on any atom is -0.315 e. The van der Waals surface area contributed by atoms with Gasteiger partial charge in [-0.3, -0.25) is 9.80 Å². The van der Waals surface area contributed by atoms with E-state index in [4.69, 9.17) is 0 Å². The number of unbranched alkanes of at least 4 members (excludes halogenated alkanes) is 1. The highest BCUT2D eigenvalue weighted by Gasteiger charge is 2.31. The normalized spacial score (nSPS) is 28.2. The highest BCUT2D eigenvalue weighted by Crippen LogP contribution is 2.22. The fraction of sp³-hybridized carbons (Fsp3) is 1.00. The Morgan fingerprint density at radius 3 is 3.00 bits per heavy atom. The van der Waals surface area contributed by atoms with Crippen molar-refractivity contribution >= 4 is 0 Å². The number of hydrogen-bond donors (Lipinski definition) is 1. The molecule has 1 N–H and O–H groups in total. The summed E-state index contributed by atoms with van der Waals surface area (Å²) in [5, 5.41) is 3.59. The van der Waals surface area contributed by atoms with Crippen LogP contribution < -0.4 is 5.32 Å². The van der Waals surface area contributed by atoms with E-state index in [1.54, 1.807) is 0 Å². The first-order valence-corrected chi connectivity index (χ1v) is 7.50. The maximum absolute atomic E-state index is 3.59. The van der Waals surface area contributed by atoms with E-state index in [1.807, 2.05) is 0 Å². The zero-order valence-corrected chi connectivity index (χ0v) is 11.6. The van der Waals surface area contributed by atoms with Gasteiger partial charge in [0.05, 0.1) is 0 Å². The molecule has 2 heterocycles. The van der Waals surface area contributed by atoms with Crippen LogP contribution in [0.3, 0.4) is 0 Å². The van der Waals surface area contributed by atoms with Crippen LogP contribution in [0, 0.1) is 0 Å². The molecule has 0 aliphatic carbocycles. The lowest BCUT2D eigenvalue weighted by atomic mass is 10.1. The standard InChI is InChI=1S/C14H29N3/c1-3-4-7-15-11-13(2)17-10-9-16-8-5-6-14(16)12-17/h13-15H,3-12H2,1-2H3. The molecule has 2 rings (SSSR count). The van der Waals surface area contributed by atoms with Crippen LogP contribution in [0.2, 0.25) is 0 Å². The lowest BCUT2D eigenvalue weighted by molar-refractivity contribution is 0.0769. The van der Waals surface area contributed by atoms with Crippen LogP contribution in [0.5, 0.6) is 0 Å². The van der Waals surface area contributed by atoms with E-state index in [1.165, 1.54) is 58.4 Å². The Kier molecular flexibility index (Phi) is 5.26. The Morgan fingerprint density at radius 1 is 1.29 bits per heavy atom. The van der Waals surface area contributed by atoms with Crippen LogP contribution in [0.1, 0.15) is 39.5 Å². The van der Waals surface area contributed by atoms with E-state index in [0.29, 0.717) is 6.04 Å². The Balaban J connectivity index is 1.67. The molecule has 2 aliphatic heterocycles. The summed E-state index contributed by atoms with van der Waals surface area (Å²) in [7, 11) is 0. The molecule has 0 bridgehead atoms. The molecule has 17 heavy (non-hydrogen) atoms. The molecule has 0 spiro atoms. The first kappa shape index (κ1) is 13.3. The third kappa shape index (κ3) is 3.67. The molecule has 3 nitrogen and oxygen atoms in total. The predicted octanol–water partition coefficient (Wildman–Crippen LogP) is 1.54. The minimum absolute atomic E-state index is 0.703. The van der Waals surface area contributed by atoms with Crippen LogP contribution in [0.4, 0.5) is 0 Å². The summed E-state index contributed by atoms with van der Waals surface area (Å²) in [4.78, 5) is 5.37. The van der Waals surface area contributed by atoms with Crippen LogP contribution in [-0.2, 0) is 0 Å². The maximum atomic E-state index is 3.59. The lowest BCUT2D eigenvalue weighted by Crippen LogP contribution is -2.54. The number of rotatable bonds is 6. The second kappa shape index (κ2) is 6.72. The molecule has 0 aromatic carbocycles. The third-order valence-electron chi connectivity index (χ3n) is 4.39. The van der Waals surface area contributed by atoms with Crippen molar-refractivity contribution in [2.24, 2.45) is 0 Å². The average molecular weight is 239 g/mol. The van der Waals surface area contributed by atoms with Crippen LogP contribution >= 0.6 is 0 Å². The first-order chi connectivity index (χ1) is 8.31. The second-order valence-corrected chi connectivity index (χ2v) is 5.73. The maximum Gasteiger partial charge on any atom is 0.0224 e. The van der Waals surface area contributed by atoms with Gasteiger partial charge in [0.1, 0.15) is 0 Å². The molecule has 3 heteroatoms. The fourth-order valence-corrected chi connectivity index (χ4v) is 3.16. The molecule has 0 saturated carbocycles. The van der Waals surface area contributed by atoms with E-state index in [9.17, 15) is 0 Å². The number of nitrogens with one attached hydrogen (secondary N) is 1. The lowest BCUT2D eigenvalue weighted by Gasteiger charge is -2.40. The van der Waals surface area contributed by atoms with Gasteiger partial charge in [-0.15, -0.1) is 0 Å². The second-order valence-electron chi connectivity index (χ2n) is 5.73. The molecule has 2 fully saturated rings. The summed E-state index contributed by atoms with van der Waals surface area (Å²) in [6, 6.07) is 1.57. The van der Waals surface area contributed by atoms with Crippen molar-refractivity contribution in [1.29, 1.82) is 0 Å². The van der Waals surface area contributed by atoms with Gasteiger partial charge < -0.3 is 5.32 Å². The van der Waals surface area contributed by atoms with Crippen molar-refractivity contribution in [2.75, 3.05) is 39.3 Å². The summed E-state index contributed by atoms with van der Waals surface area (Å²) in [6.45, 7) is 12.2. The number of nitrogens with zero attached hydrogens (tertiary/aromatic N) is 2. The topological polar surface area (TPSA) is 18.5 Å². The van der Waals surface area contributed by atoms with E-state index in [-0.39, 0.29) is 0 Å². The van der Waals surface area contributed by atoms with Crippen LogP contribution in [0.15, 0.2) is 0 Å². The quantitative estimate of drug-likeness (QED) is 0.710. The van der Waals surface area contributed by atoms with E-state index in [0.717, 1.165) is 12.6 Å². The Morgan fingerprint density at radius 2 is 2.18 bits per heavy atom. The van der Waals surface area contributed by atoms with Gasteiger partial charge in [-0.1, -0.05) is 13.3 Å². The van der Waals surface area contributed by atoms with Gasteiger partial charge in [-0.25, -0.2) is 0 Å². The largest absolute Gasteiger partial charge is 0.315 e. The van der Waals surface area contributed by atoms with Crippen molar-refractivity contribution < 1.29 is 0 Å². The summed E-state index contributed by atoms with van der Waals surface area (Å²) < 4.78 is 0. The van der Waals surface area contributed by atoms with E-state index in [2.05, 4.69) is 29.0 Å². The Bertz CT molecular complexity index is 220. The van der Waals surface area contributed by atoms with Gasteiger partial charge in [0.2, 0.25) is 0 Å². The first-order valence-electron chi connectivity index (χ1n) is 7.50. The molecular formula is C14H29N3. The minimum atomic E-state index is 0.703. The van der Waals surface area contributed by atoms with Crippen LogP contribution in [0.25, 0.3) is 0 Å². The third-order valence-corrected chi connectivity index (χ3v) is 4.39. The Hall–Kier alpha value is -0.120. The Labute approximate surface area is 107 Å². The smallest absolute Gasteiger partial charge is 0.0224 e. The predicted molar refractivity (Wildman–Crippen MR) is 73.4 cm³/mol. The van der Waals surface area contributed by atoms with Crippen molar-refractivity contribution in [3.05, 3.63) is 0 Å². The highest BCUT2D eigenvalue weighted by molar-refractivity contribution is 4.88. The van der Waals surface area contributed by atoms with Crippen molar-refractivity contribution in [3.63, 3.8) is 0 Å². The number of fused-ring (bicyclic) bond motifs is 1. The molecule has 2 saturated heterocycles. The molecule has 100 valence electrons. The van der Waals surface area contributed by atoms with Crippen LogP contribution in [-0.4, -0.2) is 61.2 Å². The van der Waals surface area contributed by atoms with Gasteiger partial charge in [0.15, 0.2) is 0 Å². The van der Waals surface area contributed by atoms with E-state index < -0.39 is 0 Å². The molecule has 0 aromatic rings. The number of piperazine rings is 1. The zero-order valence-electron chi connectivity index (χ0n) is 11.6. The van der Waals surface area contributed by atoms with Crippen molar-refractivity contribution in [3.8, 4) is 0 Å². The average Bonchev–Trinajstić information content (AvgIpc) is 2.81. The molecule has 0 radical (unpaired) electrons. The van der Waals surface area contributed by atoms with Gasteiger partial charge in [0.25, 0.3) is 0 Å². The molecule has 0 aromatic heterocycles.